The van der Waals surface area contributed by atoms with Crippen LogP contribution >= 0.6 is 0 Å². The Bertz CT molecular complexity index is 2050. The Morgan fingerprint density at radius 3 is 2.45 bits per heavy atom. The third-order valence-corrected chi connectivity index (χ3v) is 10.4. The van der Waals surface area contributed by atoms with Crippen LogP contribution in [-0.4, -0.2) is 42.0 Å². The Kier molecular flexibility index (Phi) is 8.89. The van der Waals surface area contributed by atoms with Gasteiger partial charge < -0.3 is 35.8 Å². The van der Waals surface area contributed by atoms with Gasteiger partial charge in [0.1, 0.15) is 5.75 Å². The molecule has 0 aliphatic heterocycles. The van der Waals surface area contributed by atoms with Crippen molar-refractivity contribution in [2.75, 3.05) is 6.54 Å². The minimum atomic E-state index is -0.360. The van der Waals surface area contributed by atoms with Gasteiger partial charge in [-0.25, -0.2) is 4.98 Å². The highest BCUT2D eigenvalue weighted by molar-refractivity contribution is 6.03. The van der Waals surface area contributed by atoms with Crippen molar-refractivity contribution in [1.82, 2.24) is 15.3 Å². The monoisotopic (exact) mass is 655 g/mol. The number of nitrogens with zero attached hydrogens (tertiary/aromatic N) is 1. The SMILES string of the molecule is Oc1ccc(/C=C/c2c(CCc3ccc(CNC[C@]4(c5cnc[nH]5)CCC[C@@H]5C=CC=C[C@H]54)cc3)c(O)c(O)c3c(O)cccc23)cc1O. The number of aromatic nitrogens is 2. The molecule has 1 aromatic heterocycles. The molecule has 1 saturated carbocycles. The van der Waals surface area contributed by atoms with Crippen LogP contribution in [0.1, 0.15) is 52.8 Å². The number of fused-ring (bicyclic) bond motifs is 2. The van der Waals surface area contributed by atoms with E-state index in [4.69, 9.17) is 0 Å². The molecule has 2 aliphatic rings. The maximum absolute atomic E-state index is 11.2. The maximum Gasteiger partial charge on any atom is 0.169 e. The topological polar surface area (TPSA) is 142 Å². The number of rotatable bonds is 10. The molecule has 0 bridgehead atoms. The summed E-state index contributed by atoms with van der Waals surface area (Å²) in [6.45, 7) is 1.58. The highest BCUT2D eigenvalue weighted by atomic mass is 16.3. The summed E-state index contributed by atoms with van der Waals surface area (Å²) in [6.07, 6.45) is 20.9. The second-order valence-corrected chi connectivity index (χ2v) is 13.3. The molecule has 0 spiro atoms. The summed E-state index contributed by atoms with van der Waals surface area (Å²) < 4.78 is 0. The average molecular weight is 656 g/mol. The van der Waals surface area contributed by atoms with E-state index >= 15 is 0 Å². The first-order chi connectivity index (χ1) is 23.8. The molecule has 250 valence electrons. The summed E-state index contributed by atoms with van der Waals surface area (Å²) in [6, 6.07) is 17.9. The Morgan fingerprint density at radius 1 is 0.837 bits per heavy atom. The van der Waals surface area contributed by atoms with Gasteiger partial charge in [0.05, 0.1) is 11.7 Å². The van der Waals surface area contributed by atoms with Gasteiger partial charge in [0.15, 0.2) is 23.0 Å². The molecular weight excluding hydrogens is 614 g/mol. The van der Waals surface area contributed by atoms with Crippen LogP contribution in [0.2, 0.25) is 0 Å². The van der Waals surface area contributed by atoms with Crippen LogP contribution in [-0.2, 0) is 24.8 Å². The fourth-order valence-corrected chi connectivity index (χ4v) is 7.84. The van der Waals surface area contributed by atoms with Crippen LogP contribution in [0.15, 0.2) is 97.5 Å². The number of aromatic hydroxyl groups is 5. The van der Waals surface area contributed by atoms with Crippen LogP contribution in [0.5, 0.6) is 28.7 Å². The van der Waals surface area contributed by atoms with Gasteiger partial charge in [0.2, 0.25) is 0 Å². The standard InChI is InChI=1S/C41H41N3O5/c45-34-19-16-27(21-36(34)47)15-17-30-31-7-3-9-35(46)38(31)40(49)39(48)32(30)18-14-26-10-12-28(13-11-26)22-42-24-41(37-23-43-25-44-37)20-4-6-29-5-1-2-8-33(29)41/h1-3,5,7-13,15-17,19,21,23,25,29,33,42,45-49H,4,6,14,18,20,22,24H2,(H,43,44)/b17-15+/t29-,33+,41+/m0/s1. The smallest absolute Gasteiger partial charge is 0.169 e. The first kappa shape index (κ1) is 32.1. The highest BCUT2D eigenvalue weighted by Gasteiger charge is 2.46. The zero-order chi connectivity index (χ0) is 34.0. The van der Waals surface area contributed by atoms with Crippen molar-refractivity contribution >= 4 is 22.9 Å². The van der Waals surface area contributed by atoms with E-state index in [1.165, 1.54) is 42.3 Å². The lowest BCUT2D eigenvalue weighted by Crippen LogP contribution is -2.49. The number of benzene rings is 4. The molecule has 0 radical (unpaired) electrons. The van der Waals surface area contributed by atoms with Crippen molar-refractivity contribution in [3.05, 3.63) is 131 Å². The van der Waals surface area contributed by atoms with E-state index in [0.29, 0.717) is 46.8 Å². The van der Waals surface area contributed by atoms with Gasteiger partial charge in [-0.2, -0.15) is 0 Å². The van der Waals surface area contributed by atoms with E-state index in [1.807, 2.05) is 6.20 Å². The molecule has 0 amide bonds. The van der Waals surface area contributed by atoms with Crippen molar-refractivity contribution in [1.29, 1.82) is 0 Å². The van der Waals surface area contributed by atoms with Crippen LogP contribution in [0.25, 0.3) is 22.9 Å². The van der Waals surface area contributed by atoms with Crippen molar-refractivity contribution in [3.63, 3.8) is 0 Å². The molecule has 7 N–H and O–H groups in total. The highest BCUT2D eigenvalue weighted by Crippen LogP contribution is 2.48. The molecule has 0 unspecified atom stereocenters. The minimum Gasteiger partial charge on any atom is -0.507 e. The second-order valence-electron chi connectivity index (χ2n) is 13.3. The number of imidazole rings is 1. The van der Waals surface area contributed by atoms with E-state index < -0.39 is 0 Å². The van der Waals surface area contributed by atoms with Crippen molar-refractivity contribution in [2.45, 2.75) is 44.1 Å². The molecule has 7 rings (SSSR count). The molecule has 1 fully saturated rings. The van der Waals surface area contributed by atoms with E-state index in [2.05, 4.69) is 63.9 Å². The van der Waals surface area contributed by atoms with Gasteiger partial charge in [0, 0.05) is 36.0 Å². The molecule has 49 heavy (non-hydrogen) atoms. The quantitative estimate of drug-likeness (QED) is 0.0606. The molecule has 8 nitrogen and oxygen atoms in total. The molecule has 2 aliphatic carbocycles. The minimum absolute atomic E-state index is 0.0420. The maximum atomic E-state index is 11.2. The van der Waals surface area contributed by atoms with E-state index in [0.717, 1.165) is 25.1 Å². The molecule has 1 heterocycles. The number of H-pyrrole nitrogens is 1. The summed E-state index contributed by atoms with van der Waals surface area (Å²) in [5, 5.41) is 56.9. The van der Waals surface area contributed by atoms with E-state index in [-0.39, 0.29) is 39.5 Å². The average Bonchev–Trinajstić information content (AvgIpc) is 3.67. The summed E-state index contributed by atoms with van der Waals surface area (Å²) in [5.74, 6) is -0.269. The molecule has 5 aromatic rings. The number of nitrogens with one attached hydrogen (secondary N) is 2. The summed E-state index contributed by atoms with van der Waals surface area (Å²) >= 11 is 0. The van der Waals surface area contributed by atoms with Gasteiger partial charge in [-0.3, -0.25) is 0 Å². The fraction of sp³-hybridized carbons (Fsp3) is 0.244. The number of hydrogen-bond donors (Lipinski definition) is 7. The Hall–Kier alpha value is -5.47. The lowest BCUT2D eigenvalue weighted by molar-refractivity contribution is 0.168. The molecule has 8 heteroatoms. The first-order valence-electron chi connectivity index (χ1n) is 16.8. The zero-order valence-electron chi connectivity index (χ0n) is 27.2. The van der Waals surface area contributed by atoms with Crippen LogP contribution < -0.4 is 5.32 Å². The molecule has 3 atom stereocenters. The van der Waals surface area contributed by atoms with Gasteiger partial charge in [-0.1, -0.05) is 85.3 Å². The number of phenolic OH excluding ortho intramolecular Hbond substituents is 5. The Labute approximate surface area is 285 Å². The number of phenols is 5. The number of allylic oxidation sites excluding steroid dienone is 4. The normalized spacial score (nSPS) is 20.2. The van der Waals surface area contributed by atoms with Gasteiger partial charge >= 0.3 is 0 Å². The largest absolute Gasteiger partial charge is 0.507 e. The summed E-state index contributed by atoms with van der Waals surface area (Å²) in [7, 11) is 0. The van der Waals surface area contributed by atoms with Gasteiger partial charge in [-0.15, -0.1) is 0 Å². The fourth-order valence-electron chi connectivity index (χ4n) is 7.84. The lowest BCUT2D eigenvalue weighted by Gasteiger charge is -2.47. The Morgan fingerprint density at radius 2 is 1.65 bits per heavy atom. The predicted molar refractivity (Wildman–Crippen MR) is 193 cm³/mol. The molecule has 0 saturated heterocycles. The number of aryl methyl sites for hydroxylation is 1. The number of aromatic amines is 1. The second kappa shape index (κ2) is 13.6. The summed E-state index contributed by atoms with van der Waals surface area (Å²) in [4.78, 5) is 7.80. The molecule has 4 aromatic carbocycles. The molecular formula is C41H41N3O5. The summed E-state index contributed by atoms with van der Waals surface area (Å²) in [5.41, 5.74) is 5.24. The van der Waals surface area contributed by atoms with Gasteiger partial charge in [-0.05, 0) is 83.4 Å². The third-order valence-electron chi connectivity index (χ3n) is 10.4. The van der Waals surface area contributed by atoms with Gasteiger partial charge in [0.25, 0.3) is 0 Å². The van der Waals surface area contributed by atoms with Crippen molar-refractivity contribution in [2.24, 2.45) is 11.8 Å². The zero-order valence-corrected chi connectivity index (χ0v) is 27.2. The first-order valence-corrected chi connectivity index (χ1v) is 16.8. The van der Waals surface area contributed by atoms with Crippen LogP contribution in [0.3, 0.4) is 0 Å². The van der Waals surface area contributed by atoms with Crippen LogP contribution in [0, 0.1) is 11.8 Å². The number of hydrogen-bond acceptors (Lipinski definition) is 7. The van der Waals surface area contributed by atoms with Crippen molar-refractivity contribution in [3.8, 4) is 28.7 Å². The Balaban J connectivity index is 1.08. The van der Waals surface area contributed by atoms with Crippen LogP contribution in [0.4, 0.5) is 0 Å². The predicted octanol–water partition coefficient (Wildman–Crippen LogP) is 7.62. The van der Waals surface area contributed by atoms with E-state index in [1.54, 1.807) is 36.7 Å². The van der Waals surface area contributed by atoms with Crippen molar-refractivity contribution < 1.29 is 25.5 Å². The van der Waals surface area contributed by atoms with E-state index in [9.17, 15) is 25.5 Å². The third kappa shape index (κ3) is 6.27. The lowest BCUT2D eigenvalue weighted by atomic mass is 9.59.